The number of amides is 1. The summed E-state index contributed by atoms with van der Waals surface area (Å²) in [5.74, 6) is 0.653. The van der Waals surface area contributed by atoms with Crippen molar-refractivity contribution in [2.45, 2.75) is 32.8 Å². The van der Waals surface area contributed by atoms with Gasteiger partial charge in [-0.2, -0.15) is 0 Å². The molecule has 1 aromatic carbocycles. The number of fused-ring (bicyclic) bond motifs is 1. The number of nitrogens with one attached hydrogen (secondary N) is 1. The average Bonchev–Trinajstić information content (AvgIpc) is 2.19. The van der Waals surface area contributed by atoms with Crippen LogP contribution in [0.5, 0.6) is 5.75 Å². The molecule has 0 radical (unpaired) electrons. The standard InChI is InChI=1S/C12H15NO2/c1-4-8-5-6-10-9(7-8)13-11(14)12(2,3)15-10/h5-7H,4H2,1-3H3,(H,13,14). The molecule has 0 saturated carbocycles. The minimum Gasteiger partial charge on any atom is -0.476 e. The molecular formula is C12H15NO2. The fourth-order valence-electron chi connectivity index (χ4n) is 1.58. The summed E-state index contributed by atoms with van der Waals surface area (Å²) in [7, 11) is 0. The number of benzene rings is 1. The Balaban J connectivity index is 2.41. The maximum Gasteiger partial charge on any atom is 0.268 e. The van der Waals surface area contributed by atoms with E-state index in [0.29, 0.717) is 0 Å². The zero-order valence-electron chi connectivity index (χ0n) is 9.26. The maximum absolute atomic E-state index is 11.6. The summed E-state index contributed by atoms with van der Waals surface area (Å²) in [6, 6.07) is 5.89. The van der Waals surface area contributed by atoms with E-state index >= 15 is 0 Å². The summed E-state index contributed by atoms with van der Waals surface area (Å²) in [6.45, 7) is 5.61. The fraction of sp³-hybridized carbons (Fsp3) is 0.417. The molecule has 1 heterocycles. The van der Waals surface area contributed by atoms with E-state index in [1.54, 1.807) is 13.8 Å². The molecule has 1 aliphatic heterocycles. The second kappa shape index (κ2) is 3.26. The van der Waals surface area contributed by atoms with Crippen molar-refractivity contribution in [3.63, 3.8) is 0 Å². The molecule has 1 amide bonds. The summed E-state index contributed by atoms with van der Waals surface area (Å²) in [6.07, 6.45) is 0.951. The van der Waals surface area contributed by atoms with Crippen LogP contribution in [0.25, 0.3) is 0 Å². The average molecular weight is 205 g/mol. The molecule has 0 fully saturated rings. The molecule has 0 spiro atoms. The summed E-state index contributed by atoms with van der Waals surface area (Å²) in [4.78, 5) is 11.6. The van der Waals surface area contributed by atoms with E-state index in [9.17, 15) is 4.79 Å². The van der Waals surface area contributed by atoms with Crippen LogP contribution in [0.15, 0.2) is 18.2 Å². The molecule has 15 heavy (non-hydrogen) atoms. The van der Waals surface area contributed by atoms with E-state index in [2.05, 4.69) is 12.2 Å². The van der Waals surface area contributed by atoms with Gasteiger partial charge in [0.25, 0.3) is 5.91 Å². The zero-order chi connectivity index (χ0) is 11.1. The number of carbonyl (C=O) groups is 1. The van der Waals surface area contributed by atoms with E-state index in [1.165, 1.54) is 5.56 Å². The Morgan fingerprint density at radius 2 is 2.13 bits per heavy atom. The van der Waals surface area contributed by atoms with Crippen LogP contribution < -0.4 is 10.1 Å². The van der Waals surface area contributed by atoms with Gasteiger partial charge < -0.3 is 10.1 Å². The van der Waals surface area contributed by atoms with Crippen molar-refractivity contribution in [1.82, 2.24) is 0 Å². The van der Waals surface area contributed by atoms with Crippen LogP contribution in [0, 0.1) is 0 Å². The highest BCUT2D eigenvalue weighted by Gasteiger charge is 2.35. The Morgan fingerprint density at radius 3 is 2.80 bits per heavy atom. The van der Waals surface area contributed by atoms with Gasteiger partial charge in [-0.15, -0.1) is 0 Å². The molecule has 0 unspecified atom stereocenters. The highest BCUT2D eigenvalue weighted by atomic mass is 16.5. The van der Waals surface area contributed by atoms with Gasteiger partial charge in [0.1, 0.15) is 5.75 Å². The third-order valence-electron chi connectivity index (χ3n) is 2.61. The molecular weight excluding hydrogens is 190 g/mol. The van der Waals surface area contributed by atoms with Gasteiger partial charge in [-0.25, -0.2) is 0 Å². The lowest BCUT2D eigenvalue weighted by Crippen LogP contribution is -2.45. The summed E-state index contributed by atoms with van der Waals surface area (Å²) in [5.41, 5.74) is 1.19. The number of hydrogen-bond acceptors (Lipinski definition) is 2. The van der Waals surface area contributed by atoms with Crippen LogP contribution >= 0.6 is 0 Å². The first-order valence-corrected chi connectivity index (χ1v) is 5.16. The van der Waals surface area contributed by atoms with Gasteiger partial charge in [-0.1, -0.05) is 13.0 Å². The van der Waals surface area contributed by atoms with Crippen molar-refractivity contribution in [2.24, 2.45) is 0 Å². The summed E-state index contributed by atoms with van der Waals surface area (Å²) < 4.78 is 5.62. The van der Waals surface area contributed by atoms with Crippen LogP contribution in [0.2, 0.25) is 0 Å². The van der Waals surface area contributed by atoms with Crippen LogP contribution in [0.1, 0.15) is 26.3 Å². The van der Waals surface area contributed by atoms with Crippen molar-refractivity contribution in [3.8, 4) is 5.75 Å². The van der Waals surface area contributed by atoms with Gasteiger partial charge in [0.05, 0.1) is 5.69 Å². The van der Waals surface area contributed by atoms with Crippen LogP contribution in [0.3, 0.4) is 0 Å². The largest absolute Gasteiger partial charge is 0.476 e. The molecule has 1 aliphatic rings. The third-order valence-corrected chi connectivity index (χ3v) is 2.61. The molecule has 0 aliphatic carbocycles. The van der Waals surface area contributed by atoms with Crippen molar-refractivity contribution < 1.29 is 9.53 Å². The minimum absolute atomic E-state index is 0.0942. The number of hydrogen-bond donors (Lipinski definition) is 1. The van der Waals surface area contributed by atoms with Crippen molar-refractivity contribution in [1.29, 1.82) is 0 Å². The Bertz CT molecular complexity index is 410. The SMILES string of the molecule is CCc1ccc2c(c1)NC(=O)C(C)(C)O2. The number of rotatable bonds is 1. The van der Waals surface area contributed by atoms with Gasteiger partial charge in [0.15, 0.2) is 5.60 Å². The first-order valence-electron chi connectivity index (χ1n) is 5.16. The number of carbonyl (C=O) groups excluding carboxylic acids is 1. The lowest BCUT2D eigenvalue weighted by Gasteiger charge is -2.31. The Labute approximate surface area is 89.4 Å². The van der Waals surface area contributed by atoms with Crippen LogP contribution in [-0.4, -0.2) is 11.5 Å². The first-order chi connectivity index (χ1) is 7.03. The van der Waals surface area contributed by atoms with Gasteiger partial charge in [-0.05, 0) is 38.0 Å². The van der Waals surface area contributed by atoms with E-state index in [-0.39, 0.29) is 5.91 Å². The Hall–Kier alpha value is -1.51. The summed E-state index contributed by atoms with van der Waals surface area (Å²) in [5, 5.41) is 2.86. The van der Waals surface area contributed by atoms with Crippen molar-refractivity contribution in [3.05, 3.63) is 23.8 Å². The summed E-state index contributed by atoms with van der Waals surface area (Å²) >= 11 is 0. The fourth-order valence-corrected chi connectivity index (χ4v) is 1.58. The van der Waals surface area contributed by atoms with Crippen LogP contribution in [0.4, 0.5) is 5.69 Å². The second-order valence-electron chi connectivity index (χ2n) is 4.25. The molecule has 0 bridgehead atoms. The molecule has 80 valence electrons. The van der Waals surface area contributed by atoms with Gasteiger partial charge in [-0.3, -0.25) is 4.79 Å². The van der Waals surface area contributed by atoms with Crippen molar-refractivity contribution >= 4 is 11.6 Å². The predicted molar refractivity (Wildman–Crippen MR) is 59.2 cm³/mol. The molecule has 0 aromatic heterocycles. The number of anilines is 1. The monoisotopic (exact) mass is 205 g/mol. The molecule has 0 atom stereocenters. The lowest BCUT2D eigenvalue weighted by molar-refractivity contribution is -0.129. The van der Waals surface area contributed by atoms with Gasteiger partial charge >= 0.3 is 0 Å². The molecule has 1 aromatic rings. The Kier molecular flexibility index (Phi) is 2.18. The number of aryl methyl sites for hydroxylation is 1. The highest BCUT2D eigenvalue weighted by molar-refractivity contribution is 6.00. The topological polar surface area (TPSA) is 38.3 Å². The van der Waals surface area contributed by atoms with E-state index in [4.69, 9.17) is 4.74 Å². The highest BCUT2D eigenvalue weighted by Crippen LogP contribution is 2.34. The molecule has 0 saturated heterocycles. The second-order valence-corrected chi connectivity index (χ2v) is 4.25. The van der Waals surface area contributed by atoms with E-state index < -0.39 is 5.60 Å². The normalized spacial score (nSPS) is 17.7. The smallest absolute Gasteiger partial charge is 0.268 e. The van der Waals surface area contributed by atoms with Crippen LogP contribution in [-0.2, 0) is 11.2 Å². The quantitative estimate of drug-likeness (QED) is 0.764. The molecule has 1 N–H and O–H groups in total. The zero-order valence-corrected chi connectivity index (χ0v) is 9.26. The minimum atomic E-state index is -0.777. The maximum atomic E-state index is 11.6. The molecule has 3 nitrogen and oxygen atoms in total. The lowest BCUT2D eigenvalue weighted by atomic mass is 10.0. The molecule has 2 rings (SSSR count). The van der Waals surface area contributed by atoms with E-state index in [0.717, 1.165) is 17.9 Å². The molecule has 3 heteroatoms. The predicted octanol–water partition coefficient (Wildman–Crippen LogP) is 2.36. The van der Waals surface area contributed by atoms with Crippen molar-refractivity contribution in [2.75, 3.05) is 5.32 Å². The van der Waals surface area contributed by atoms with E-state index in [1.807, 2.05) is 18.2 Å². The van der Waals surface area contributed by atoms with Gasteiger partial charge in [0, 0.05) is 0 Å². The third kappa shape index (κ3) is 1.69. The number of ether oxygens (including phenoxy) is 1. The van der Waals surface area contributed by atoms with Gasteiger partial charge in [0.2, 0.25) is 0 Å². The Morgan fingerprint density at radius 1 is 1.40 bits per heavy atom. The first kappa shape index (κ1) is 10.0.